The molecule has 18 heavy (non-hydrogen) atoms. The zero-order valence-corrected chi connectivity index (χ0v) is 10.3. The SMILES string of the molecule is OC[C@H]1C[C@H]2CN(c3ccncn3)C[C@H]2[C@H]1CO. The van der Waals surface area contributed by atoms with Crippen LogP contribution < -0.4 is 4.90 Å². The third kappa shape index (κ3) is 1.87. The van der Waals surface area contributed by atoms with Gasteiger partial charge in [-0.05, 0) is 36.2 Å². The van der Waals surface area contributed by atoms with Crippen LogP contribution in [-0.2, 0) is 0 Å². The lowest BCUT2D eigenvalue weighted by Crippen LogP contribution is -2.28. The number of aromatic nitrogens is 2. The fourth-order valence-corrected chi connectivity index (χ4v) is 3.70. The maximum absolute atomic E-state index is 9.52. The van der Waals surface area contributed by atoms with Gasteiger partial charge in [-0.2, -0.15) is 0 Å². The largest absolute Gasteiger partial charge is 0.396 e. The molecule has 2 aliphatic rings. The van der Waals surface area contributed by atoms with Gasteiger partial charge in [-0.25, -0.2) is 9.97 Å². The molecule has 98 valence electrons. The molecule has 0 spiro atoms. The van der Waals surface area contributed by atoms with Gasteiger partial charge in [-0.3, -0.25) is 0 Å². The third-order valence-electron chi connectivity index (χ3n) is 4.59. The van der Waals surface area contributed by atoms with Crippen molar-refractivity contribution in [2.75, 3.05) is 31.2 Å². The van der Waals surface area contributed by atoms with Gasteiger partial charge in [0.2, 0.25) is 0 Å². The van der Waals surface area contributed by atoms with E-state index in [1.54, 1.807) is 12.5 Å². The quantitative estimate of drug-likeness (QED) is 0.798. The molecular weight excluding hydrogens is 230 g/mol. The van der Waals surface area contributed by atoms with Crippen LogP contribution in [-0.4, -0.2) is 46.5 Å². The van der Waals surface area contributed by atoms with Crippen molar-refractivity contribution in [3.63, 3.8) is 0 Å². The van der Waals surface area contributed by atoms with Crippen LogP contribution in [0.25, 0.3) is 0 Å². The van der Waals surface area contributed by atoms with Gasteiger partial charge in [-0.1, -0.05) is 0 Å². The van der Waals surface area contributed by atoms with Crippen molar-refractivity contribution in [2.45, 2.75) is 6.42 Å². The summed E-state index contributed by atoms with van der Waals surface area (Å²) in [6.45, 7) is 2.30. The van der Waals surface area contributed by atoms with Crippen molar-refractivity contribution in [3.8, 4) is 0 Å². The predicted molar refractivity (Wildman–Crippen MR) is 67.0 cm³/mol. The highest BCUT2D eigenvalue weighted by Gasteiger charge is 2.47. The van der Waals surface area contributed by atoms with E-state index in [0.29, 0.717) is 11.8 Å². The van der Waals surface area contributed by atoms with E-state index in [2.05, 4.69) is 14.9 Å². The summed E-state index contributed by atoms with van der Waals surface area (Å²) in [5.41, 5.74) is 0. The second-order valence-corrected chi connectivity index (χ2v) is 5.42. The first kappa shape index (κ1) is 11.9. The highest BCUT2D eigenvalue weighted by Crippen LogP contribution is 2.46. The Labute approximate surface area is 106 Å². The molecule has 2 fully saturated rings. The van der Waals surface area contributed by atoms with Crippen molar-refractivity contribution >= 4 is 5.82 Å². The molecule has 4 atom stereocenters. The number of hydrogen-bond acceptors (Lipinski definition) is 5. The van der Waals surface area contributed by atoms with Gasteiger partial charge >= 0.3 is 0 Å². The Hall–Kier alpha value is -1.20. The van der Waals surface area contributed by atoms with E-state index in [0.717, 1.165) is 25.3 Å². The summed E-state index contributed by atoms with van der Waals surface area (Å²) in [6.07, 6.45) is 4.36. The molecule has 1 aromatic heterocycles. The van der Waals surface area contributed by atoms with Crippen molar-refractivity contribution in [3.05, 3.63) is 18.6 Å². The molecular formula is C13H19N3O2. The highest BCUT2D eigenvalue weighted by atomic mass is 16.3. The van der Waals surface area contributed by atoms with Gasteiger partial charge in [0.25, 0.3) is 0 Å². The van der Waals surface area contributed by atoms with E-state index in [1.807, 2.05) is 6.07 Å². The van der Waals surface area contributed by atoms with Crippen LogP contribution in [0.1, 0.15) is 6.42 Å². The average Bonchev–Trinajstić information content (AvgIpc) is 2.96. The number of aliphatic hydroxyl groups is 2. The molecule has 1 saturated heterocycles. The van der Waals surface area contributed by atoms with E-state index < -0.39 is 0 Å². The molecule has 0 aromatic carbocycles. The van der Waals surface area contributed by atoms with Crippen LogP contribution in [0, 0.1) is 23.7 Å². The van der Waals surface area contributed by atoms with Crippen LogP contribution in [0.4, 0.5) is 5.82 Å². The van der Waals surface area contributed by atoms with Crippen molar-refractivity contribution in [1.29, 1.82) is 0 Å². The lowest BCUT2D eigenvalue weighted by molar-refractivity contribution is 0.120. The summed E-state index contributed by atoms with van der Waals surface area (Å²) >= 11 is 0. The third-order valence-corrected chi connectivity index (χ3v) is 4.59. The summed E-state index contributed by atoms with van der Waals surface area (Å²) in [5, 5.41) is 18.9. The zero-order chi connectivity index (χ0) is 12.5. The molecule has 5 nitrogen and oxygen atoms in total. The van der Waals surface area contributed by atoms with Gasteiger partial charge in [0.15, 0.2) is 0 Å². The Kier molecular flexibility index (Phi) is 3.18. The number of aliphatic hydroxyl groups excluding tert-OH is 2. The van der Waals surface area contributed by atoms with Crippen molar-refractivity contribution in [2.24, 2.45) is 23.7 Å². The minimum atomic E-state index is 0.185. The molecule has 1 aromatic rings. The first-order valence-corrected chi connectivity index (χ1v) is 6.56. The Morgan fingerprint density at radius 3 is 2.83 bits per heavy atom. The summed E-state index contributed by atoms with van der Waals surface area (Å²) in [4.78, 5) is 10.5. The molecule has 0 unspecified atom stereocenters. The maximum atomic E-state index is 9.52. The van der Waals surface area contributed by atoms with Crippen LogP contribution in [0.2, 0.25) is 0 Å². The topological polar surface area (TPSA) is 69.5 Å². The first-order chi connectivity index (χ1) is 8.83. The lowest BCUT2D eigenvalue weighted by atomic mass is 9.89. The second-order valence-electron chi connectivity index (χ2n) is 5.42. The number of nitrogens with zero attached hydrogens (tertiary/aromatic N) is 3. The Morgan fingerprint density at radius 2 is 2.17 bits per heavy atom. The Morgan fingerprint density at radius 1 is 1.28 bits per heavy atom. The average molecular weight is 249 g/mol. The van der Waals surface area contributed by atoms with Crippen molar-refractivity contribution < 1.29 is 10.2 Å². The number of anilines is 1. The molecule has 1 saturated carbocycles. The van der Waals surface area contributed by atoms with Crippen LogP contribution in [0.5, 0.6) is 0 Å². The van der Waals surface area contributed by atoms with E-state index in [4.69, 9.17) is 0 Å². The van der Waals surface area contributed by atoms with E-state index >= 15 is 0 Å². The van der Waals surface area contributed by atoms with Gasteiger partial charge in [0.05, 0.1) is 0 Å². The van der Waals surface area contributed by atoms with Gasteiger partial charge in [0, 0.05) is 32.5 Å². The first-order valence-electron chi connectivity index (χ1n) is 6.56. The zero-order valence-electron chi connectivity index (χ0n) is 10.3. The predicted octanol–water partition coefficient (Wildman–Crippen LogP) is 0.150. The van der Waals surface area contributed by atoms with Crippen LogP contribution in [0.15, 0.2) is 18.6 Å². The van der Waals surface area contributed by atoms with Gasteiger partial charge < -0.3 is 15.1 Å². The number of fused-ring (bicyclic) bond motifs is 1. The standard InChI is InChI=1S/C13H19N3O2/c17-6-10-3-9-4-16(5-11(9)12(10)7-18)13-1-2-14-8-15-13/h1-2,8-12,17-18H,3-7H2/t9-,10+,11+,12-/m0/s1. The summed E-state index contributed by atoms with van der Waals surface area (Å²) in [6, 6.07) is 1.93. The van der Waals surface area contributed by atoms with Crippen LogP contribution in [0.3, 0.4) is 0 Å². The monoisotopic (exact) mass is 249 g/mol. The smallest absolute Gasteiger partial charge is 0.131 e. The Bertz CT molecular complexity index is 400. The summed E-state index contributed by atoms with van der Waals surface area (Å²) < 4.78 is 0. The lowest BCUT2D eigenvalue weighted by Gasteiger charge is -2.23. The van der Waals surface area contributed by atoms with Gasteiger partial charge in [0.1, 0.15) is 12.1 Å². The molecule has 1 aliphatic heterocycles. The van der Waals surface area contributed by atoms with Crippen molar-refractivity contribution in [1.82, 2.24) is 9.97 Å². The number of hydrogen-bond donors (Lipinski definition) is 2. The molecule has 5 heteroatoms. The highest BCUT2D eigenvalue weighted by molar-refractivity contribution is 5.38. The fourth-order valence-electron chi connectivity index (χ4n) is 3.70. The van der Waals surface area contributed by atoms with E-state index in [9.17, 15) is 10.2 Å². The minimum Gasteiger partial charge on any atom is -0.396 e. The molecule has 2 N–H and O–H groups in total. The molecule has 0 radical (unpaired) electrons. The Balaban J connectivity index is 1.74. The maximum Gasteiger partial charge on any atom is 0.131 e. The molecule has 3 rings (SSSR count). The molecule has 0 amide bonds. The van der Waals surface area contributed by atoms with E-state index in [-0.39, 0.29) is 25.0 Å². The normalized spacial score (nSPS) is 34.9. The fraction of sp³-hybridized carbons (Fsp3) is 0.692. The number of rotatable bonds is 3. The summed E-state index contributed by atoms with van der Waals surface area (Å²) in [7, 11) is 0. The second kappa shape index (κ2) is 4.82. The summed E-state index contributed by atoms with van der Waals surface area (Å²) in [5.74, 6) is 2.55. The van der Waals surface area contributed by atoms with Crippen LogP contribution >= 0.6 is 0 Å². The van der Waals surface area contributed by atoms with E-state index in [1.165, 1.54) is 0 Å². The minimum absolute atomic E-state index is 0.185. The molecule has 2 heterocycles. The molecule has 0 bridgehead atoms. The van der Waals surface area contributed by atoms with Gasteiger partial charge in [-0.15, -0.1) is 0 Å². The molecule has 1 aliphatic carbocycles.